The molecule has 2 rings (SSSR count). The fourth-order valence-corrected chi connectivity index (χ4v) is 2.61. The molecule has 0 aliphatic carbocycles. The third-order valence-corrected chi connectivity index (χ3v) is 4.00. The molecule has 1 aliphatic heterocycles. The molecule has 1 N–H and O–H groups in total. The maximum absolute atomic E-state index is 13.1. The Labute approximate surface area is 116 Å². The van der Waals surface area contributed by atoms with E-state index in [1.165, 1.54) is 5.56 Å². The van der Waals surface area contributed by atoms with E-state index in [2.05, 4.69) is 31.0 Å². The monoisotopic (exact) mass is 264 g/mol. The predicted octanol–water partition coefficient (Wildman–Crippen LogP) is 2.95. The fourth-order valence-electron chi connectivity index (χ4n) is 2.61. The summed E-state index contributed by atoms with van der Waals surface area (Å²) in [7, 11) is 0. The minimum absolute atomic E-state index is 0.144. The lowest BCUT2D eigenvalue weighted by Gasteiger charge is -2.40. The molecule has 1 aromatic carbocycles. The average molecular weight is 264 g/mol. The summed E-state index contributed by atoms with van der Waals surface area (Å²) < 4.78 is 13.1. The molecule has 0 saturated carbocycles. The van der Waals surface area contributed by atoms with Gasteiger partial charge in [-0.1, -0.05) is 26.8 Å². The Balaban J connectivity index is 2.03. The maximum Gasteiger partial charge on any atom is 0.123 e. The summed E-state index contributed by atoms with van der Waals surface area (Å²) in [4.78, 5) is 2.46. The molecule has 0 radical (unpaired) electrons. The molecule has 0 aromatic heterocycles. The quantitative estimate of drug-likeness (QED) is 0.883. The molecular formula is C16H25FN2. The molecule has 0 bridgehead atoms. The topological polar surface area (TPSA) is 15.3 Å². The Hall–Kier alpha value is -0.930. The highest BCUT2D eigenvalue weighted by Gasteiger charge is 2.29. The van der Waals surface area contributed by atoms with Gasteiger partial charge < -0.3 is 5.32 Å². The van der Waals surface area contributed by atoms with E-state index in [9.17, 15) is 4.39 Å². The summed E-state index contributed by atoms with van der Waals surface area (Å²) in [6.45, 7) is 12.9. The minimum Gasteiger partial charge on any atom is -0.311 e. The van der Waals surface area contributed by atoms with Crippen LogP contribution in [0.3, 0.4) is 0 Å². The average Bonchev–Trinajstić information content (AvgIpc) is 2.32. The Kier molecular flexibility index (Phi) is 4.26. The van der Waals surface area contributed by atoms with Crippen LogP contribution in [-0.2, 0) is 6.54 Å². The standard InChI is InChI=1S/C16H25FN2/c1-12-9-14(17)6-5-13(12)10-19-8-7-18-15(11-19)16(2,3)4/h5-6,9,15,18H,7-8,10-11H2,1-4H3. The van der Waals surface area contributed by atoms with Crippen LogP contribution in [0.5, 0.6) is 0 Å². The van der Waals surface area contributed by atoms with E-state index in [0.29, 0.717) is 6.04 Å². The second kappa shape index (κ2) is 5.59. The molecular weight excluding hydrogens is 239 g/mol. The highest BCUT2D eigenvalue weighted by atomic mass is 19.1. The first-order chi connectivity index (χ1) is 8.86. The molecule has 0 spiro atoms. The zero-order valence-corrected chi connectivity index (χ0v) is 12.5. The fraction of sp³-hybridized carbons (Fsp3) is 0.625. The lowest BCUT2D eigenvalue weighted by molar-refractivity contribution is 0.129. The molecule has 1 atom stereocenters. The van der Waals surface area contributed by atoms with Crippen LogP contribution < -0.4 is 5.32 Å². The van der Waals surface area contributed by atoms with Gasteiger partial charge in [-0.2, -0.15) is 0 Å². The van der Waals surface area contributed by atoms with Gasteiger partial charge in [-0.3, -0.25) is 4.90 Å². The van der Waals surface area contributed by atoms with Crippen LogP contribution >= 0.6 is 0 Å². The molecule has 106 valence electrons. The van der Waals surface area contributed by atoms with Crippen molar-refractivity contribution in [2.24, 2.45) is 5.41 Å². The lowest BCUT2D eigenvalue weighted by atomic mass is 9.85. The molecule has 1 unspecified atom stereocenters. The van der Waals surface area contributed by atoms with Crippen LogP contribution in [0.2, 0.25) is 0 Å². The van der Waals surface area contributed by atoms with Gasteiger partial charge in [0.15, 0.2) is 0 Å². The van der Waals surface area contributed by atoms with Crippen molar-refractivity contribution in [3.63, 3.8) is 0 Å². The molecule has 1 fully saturated rings. The largest absolute Gasteiger partial charge is 0.311 e. The van der Waals surface area contributed by atoms with Crippen LogP contribution in [0.1, 0.15) is 31.9 Å². The van der Waals surface area contributed by atoms with E-state index >= 15 is 0 Å². The van der Waals surface area contributed by atoms with E-state index in [0.717, 1.165) is 31.7 Å². The lowest BCUT2D eigenvalue weighted by Crippen LogP contribution is -2.55. The Morgan fingerprint density at radius 2 is 2.11 bits per heavy atom. The van der Waals surface area contributed by atoms with Crippen LogP contribution in [0, 0.1) is 18.2 Å². The first-order valence-corrected chi connectivity index (χ1v) is 7.07. The highest BCUT2D eigenvalue weighted by molar-refractivity contribution is 5.26. The van der Waals surface area contributed by atoms with Crippen LogP contribution in [0.15, 0.2) is 18.2 Å². The normalized spacial score (nSPS) is 21.6. The van der Waals surface area contributed by atoms with E-state index in [4.69, 9.17) is 0 Å². The van der Waals surface area contributed by atoms with Gasteiger partial charge in [0, 0.05) is 32.2 Å². The van der Waals surface area contributed by atoms with Crippen LogP contribution in [0.25, 0.3) is 0 Å². The summed E-state index contributed by atoms with van der Waals surface area (Å²) in [6, 6.07) is 5.62. The smallest absolute Gasteiger partial charge is 0.123 e. The summed E-state index contributed by atoms with van der Waals surface area (Å²) in [6.07, 6.45) is 0. The number of halogens is 1. The van der Waals surface area contributed by atoms with E-state index < -0.39 is 0 Å². The van der Waals surface area contributed by atoms with E-state index in [1.54, 1.807) is 12.1 Å². The van der Waals surface area contributed by atoms with Crippen molar-refractivity contribution in [3.8, 4) is 0 Å². The molecule has 1 saturated heterocycles. The van der Waals surface area contributed by atoms with Crippen molar-refractivity contribution in [1.29, 1.82) is 0 Å². The van der Waals surface area contributed by atoms with Gasteiger partial charge in [-0.15, -0.1) is 0 Å². The number of rotatable bonds is 2. The van der Waals surface area contributed by atoms with E-state index in [1.807, 2.05) is 13.0 Å². The number of piperazine rings is 1. The molecule has 1 aromatic rings. The SMILES string of the molecule is Cc1cc(F)ccc1CN1CCNC(C(C)(C)C)C1. The second-order valence-corrected chi connectivity index (χ2v) is 6.68. The van der Waals surface area contributed by atoms with E-state index in [-0.39, 0.29) is 11.2 Å². The zero-order chi connectivity index (χ0) is 14.0. The first-order valence-electron chi connectivity index (χ1n) is 7.07. The summed E-state index contributed by atoms with van der Waals surface area (Å²) in [5.41, 5.74) is 2.55. The van der Waals surface area contributed by atoms with Crippen LogP contribution in [0.4, 0.5) is 4.39 Å². The number of hydrogen-bond donors (Lipinski definition) is 1. The second-order valence-electron chi connectivity index (χ2n) is 6.68. The maximum atomic E-state index is 13.1. The zero-order valence-electron chi connectivity index (χ0n) is 12.5. The van der Waals surface area contributed by atoms with Crippen LogP contribution in [-0.4, -0.2) is 30.6 Å². The van der Waals surface area contributed by atoms with Gasteiger partial charge >= 0.3 is 0 Å². The van der Waals surface area contributed by atoms with Gasteiger partial charge in [0.1, 0.15) is 5.82 Å². The summed E-state index contributed by atoms with van der Waals surface area (Å²) in [5.74, 6) is -0.144. The Morgan fingerprint density at radius 3 is 2.74 bits per heavy atom. The molecule has 19 heavy (non-hydrogen) atoms. The van der Waals surface area contributed by atoms with Gasteiger partial charge in [-0.25, -0.2) is 4.39 Å². The van der Waals surface area contributed by atoms with Crippen molar-refractivity contribution in [2.75, 3.05) is 19.6 Å². The molecule has 1 heterocycles. The Morgan fingerprint density at radius 1 is 1.37 bits per heavy atom. The number of benzene rings is 1. The van der Waals surface area contributed by atoms with Crippen molar-refractivity contribution in [2.45, 2.75) is 40.3 Å². The van der Waals surface area contributed by atoms with Gasteiger partial charge in [-0.05, 0) is 35.6 Å². The summed E-state index contributed by atoms with van der Waals surface area (Å²) >= 11 is 0. The first kappa shape index (κ1) is 14.5. The number of aryl methyl sites for hydroxylation is 1. The molecule has 3 heteroatoms. The molecule has 2 nitrogen and oxygen atoms in total. The third-order valence-electron chi connectivity index (χ3n) is 4.00. The number of hydrogen-bond acceptors (Lipinski definition) is 2. The molecule has 1 aliphatic rings. The highest BCUT2D eigenvalue weighted by Crippen LogP contribution is 2.23. The van der Waals surface area contributed by atoms with Gasteiger partial charge in [0.05, 0.1) is 0 Å². The number of nitrogens with one attached hydrogen (secondary N) is 1. The predicted molar refractivity (Wildman–Crippen MR) is 77.7 cm³/mol. The summed E-state index contributed by atoms with van der Waals surface area (Å²) in [5, 5.41) is 3.60. The minimum atomic E-state index is -0.144. The van der Waals surface area contributed by atoms with Gasteiger partial charge in [0.2, 0.25) is 0 Å². The van der Waals surface area contributed by atoms with Gasteiger partial charge in [0.25, 0.3) is 0 Å². The van der Waals surface area contributed by atoms with Crippen molar-refractivity contribution >= 4 is 0 Å². The van der Waals surface area contributed by atoms with Crippen molar-refractivity contribution < 1.29 is 4.39 Å². The molecule has 0 amide bonds. The Bertz CT molecular complexity index is 437. The van der Waals surface area contributed by atoms with Crippen molar-refractivity contribution in [1.82, 2.24) is 10.2 Å². The van der Waals surface area contributed by atoms with Crippen molar-refractivity contribution in [3.05, 3.63) is 35.1 Å². The third kappa shape index (κ3) is 3.77. The number of nitrogens with zero attached hydrogens (tertiary/aromatic N) is 1.